The highest BCUT2D eigenvalue weighted by Gasteiger charge is 2.22. The van der Waals surface area contributed by atoms with Crippen LogP contribution < -0.4 is 0 Å². The van der Waals surface area contributed by atoms with Crippen molar-refractivity contribution in [3.05, 3.63) is 0 Å². The average molecular weight is 512 g/mol. The molecule has 5 nitrogen and oxygen atoms in total. The van der Waals surface area contributed by atoms with Crippen LogP contribution in [0.4, 0.5) is 0 Å². The molecule has 0 bridgehead atoms. The highest BCUT2D eigenvalue weighted by atomic mass is 16.6. The lowest BCUT2D eigenvalue weighted by Crippen LogP contribution is -2.28. The fourth-order valence-corrected chi connectivity index (χ4v) is 4.57. The Kier molecular flexibility index (Phi) is 24.8. The van der Waals surface area contributed by atoms with Crippen LogP contribution in [-0.2, 0) is 19.1 Å². The van der Waals surface area contributed by atoms with Gasteiger partial charge >= 0.3 is 11.9 Å². The number of ether oxygens (including phenoxy) is 2. The average Bonchev–Trinajstić information content (AvgIpc) is 2.86. The first kappa shape index (κ1) is 34.9. The Bertz CT molecular complexity index is 493. The van der Waals surface area contributed by atoms with E-state index in [9.17, 15) is 9.59 Å². The molecular formula is C31H61NO4. The van der Waals surface area contributed by atoms with Gasteiger partial charge in [0.1, 0.15) is 12.7 Å². The lowest BCUT2D eigenvalue weighted by Gasteiger charge is -2.21. The number of nitrogens with zero attached hydrogens (tertiary/aromatic N) is 1. The smallest absolute Gasteiger partial charge is 0.309 e. The molecule has 0 heterocycles. The van der Waals surface area contributed by atoms with Crippen molar-refractivity contribution in [3.8, 4) is 0 Å². The number of unbranched alkanes of at least 4 members (excludes halogenated alkanes) is 12. The van der Waals surface area contributed by atoms with Gasteiger partial charge in [-0.1, -0.05) is 104 Å². The predicted octanol–water partition coefficient (Wildman–Crippen LogP) is 8.48. The monoisotopic (exact) mass is 511 g/mol. The highest BCUT2D eigenvalue weighted by Crippen LogP contribution is 2.21. The highest BCUT2D eigenvalue weighted by molar-refractivity contribution is 5.72. The summed E-state index contributed by atoms with van der Waals surface area (Å²) in [5.74, 6) is -0.266. The van der Waals surface area contributed by atoms with Gasteiger partial charge in [0.15, 0.2) is 0 Å². The number of esters is 2. The van der Waals surface area contributed by atoms with E-state index in [2.05, 4.69) is 25.7 Å². The quantitative estimate of drug-likeness (QED) is 0.0860. The first-order valence-electron chi connectivity index (χ1n) is 15.4. The van der Waals surface area contributed by atoms with Crippen molar-refractivity contribution >= 4 is 11.9 Å². The molecule has 36 heavy (non-hydrogen) atoms. The molecule has 0 saturated carbocycles. The molecule has 0 radical (unpaired) electrons. The minimum atomic E-state index is -0.320. The lowest BCUT2D eigenvalue weighted by molar-refractivity contribution is -0.162. The van der Waals surface area contributed by atoms with Crippen molar-refractivity contribution in [3.63, 3.8) is 0 Å². The standard InChI is InChI=1S/C31H61NO4/c1-6-9-12-14-16-18-22-28(23-19-17-15-13-10-7-2)31(34)35-27-29(24-11-8-3)36-30(33)25-20-21-26-32(4)5/h28-29H,6-27H2,1-5H3. The van der Waals surface area contributed by atoms with Gasteiger partial charge in [0, 0.05) is 6.42 Å². The molecule has 0 aliphatic rings. The third-order valence-corrected chi connectivity index (χ3v) is 6.97. The van der Waals surface area contributed by atoms with E-state index in [4.69, 9.17) is 9.47 Å². The van der Waals surface area contributed by atoms with Crippen LogP contribution in [0.1, 0.15) is 149 Å². The van der Waals surface area contributed by atoms with Crippen molar-refractivity contribution in [2.75, 3.05) is 27.2 Å². The van der Waals surface area contributed by atoms with E-state index < -0.39 is 0 Å². The number of hydrogen-bond acceptors (Lipinski definition) is 5. The summed E-state index contributed by atoms with van der Waals surface area (Å²) in [5.41, 5.74) is 0. The first-order valence-corrected chi connectivity index (χ1v) is 15.4. The third-order valence-electron chi connectivity index (χ3n) is 6.97. The van der Waals surface area contributed by atoms with E-state index in [-0.39, 0.29) is 30.6 Å². The molecule has 0 aliphatic carbocycles. The molecule has 0 aliphatic heterocycles. The van der Waals surface area contributed by atoms with Gasteiger partial charge in [-0.2, -0.15) is 0 Å². The van der Waals surface area contributed by atoms with Crippen molar-refractivity contribution in [2.45, 2.75) is 155 Å². The molecule has 0 fully saturated rings. The van der Waals surface area contributed by atoms with E-state index in [0.29, 0.717) is 6.42 Å². The Balaban J connectivity index is 4.65. The fraction of sp³-hybridized carbons (Fsp3) is 0.935. The molecule has 0 aromatic rings. The Morgan fingerprint density at radius 2 is 1.17 bits per heavy atom. The summed E-state index contributed by atoms with van der Waals surface area (Å²) in [4.78, 5) is 27.5. The molecule has 0 aromatic heterocycles. The maximum absolute atomic E-state index is 13.0. The minimum Gasteiger partial charge on any atom is -0.462 e. The third kappa shape index (κ3) is 22.1. The van der Waals surface area contributed by atoms with Crippen molar-refractivity contribution in [1.29, 1.82) is 0 Å². The second-order valence-corrected chi connectivity index (χ2v) is 11.0. The number of carbonyl (C=O) groups excluding carboxylic acids is 2. The van der Waals surface area contributed by atoms with Gasteiger partial charge in [0.25, 0.3) is 0 Å². The maximum atomic E-state index is 13.0. The van der Waals surface area contributed by atoms with Crippen LogP contribution in [0.15, 0.2) is 0 Å². The molecule has 0 spiro atoms. The molecule has 5 heteroatoms. The Hall–Kier alpha value is -1.10. The topological polar surface area (TPSA) is 55.8 Å². The Morgan fingerprint density at radius 3 is 1.69 bits per heavy atom. The van der Waals surface area contributed by atoms with Crippen LogP contribution in [-0.4, -0.2) is 50.2 Å². The molecule has 0 rings (SSSR count). The molecule has 1 unspecified atom stereocenters. The normalized spacial score (nSPS) is 12.3. The van der Waals surface area contributed by atoms with Crippen LogP contribution in [0.25, 0.3) is 0 Å². The van der Waals surface area contributed by atoms with E-state index in [0.717, 1.165) is 64.3 Å². The zero-order chi connectivity index (χ0) is 26.9. The van der Waals surface area contributed by atoms with Crippen molar-refractivity contribution in [1.82, 2.24) is 4.90 Å². The summed E-state index contributed by atoms with van der Waals surface area (Å²) in [7, 11) is 4.08. The Labute approximate surface area is 224 Å². The number of carbonyl (C=O) groups is 2. The van der Waals surface area contributed by atoms with E-state index in [1.54, 1.807) is 0 Å². The van der Waals surface area contributed by atoms with Crippen LogP contribution in [0.5, 0.6) is 0 Å². The van der Waals surface area contributed by atoms with Gasteiger partial charge in [-0.3, -0.25) is 9.59 Å². The largest absolute Gasteiger partial charge is 0.462 e. The molecule has 0 N–H and O–H groups in total. The summed E-state index contributed by atoms with van der Waals surface area (Å²) < 4.78 is 11.5. The molecule has 0 saturated heterocycles. The van der Waals surface area contributed by atoms with Gasteiger partial charge in [0.2, 0.25) is 0 Å². The van der Waals surface area contributed by atoms with Crippen LogP contribution in [0.2, 0.25) is 0 Å². The van der Waals surface area contributed by atoms with Crippen molar-refractivity contribution < 1.29 is 19.1 Å². The number of rotatable bonds is 26. The predicted molar refractivity (Wildman–Crippen MR) is 152 cm³/mol. The minimum absolute atomic E-state index is 0.0177. The summed E-state index contributed by atoms with van der Waals surface area (Å²) in [6.07, 6.45) is 21.3. The van der Waals surface area contributed by atoms with E-state index in [1.807, 2.05) is 14.1 Å². The first-order chi connectivity index (χ1) is 17.4. The molecule has 0 aromatic carbocycles. The van der Waals surface area contributed by atoms with Crippen molar-refractivity contribution in [2.24, 2.45) is 5.92 Å². The summed E-state index contributed by atoms with van der Waals surface area (Å²) >= 11 is 0. The van der Waals surface area contributed by atoms with Gasteiger partial charge in [-0.15, -0.1) is 0 Å². The van der Waals surface area contributed by atoms with Crippen LogP contribution in [0.3, 0.4) is 0 Å². The zero-order valence-corrected chi connectivity index (χ0v) is 24.8. The summed E-state index contributed by atoms with van der Waals surface area (Å²) in [6.45, 7) is 7.78. The second-order valence-electron chi connectivity index (χ2n) is 11.0. The summed E-state index contributed by atoms with van der Waals surface area (Å²) in [6, 6.07) is 0. The van der Waals surface area contributed by atoms with Crippen LogP contribution >= 0.6 is 0 Å². The van der Waals surface area contributed by atoms with Gasteiger partial charge in [0.05, 0.1) is 5.92 Å². The summed E-state index contributed by atoms with van der Waals surface area (Å²) in [5, 5.41) is 0. The van der Waals surface area contributed by atoms with Gasteiger partial charge < -0.3 is 14.4 Å². The Morgan fingerprint density at radius 1 is 0.639 bits per heavy atom. The zero-order valence-electron chi connectivity index (χ0n) is 24.8. The SMILES string of the molecule is CCCCCCCCC(CCCCCCCC)C(=O)OCC(CCCC)OC(=O)CCCCN(C)C. The molecule has 1 atom stereocenters. The van der Waals surface area contributed by atoms with Gasteiger partial charge in [-0.25, -0.2) is 0 Å². The molecular weight excluding hydrogens is 450 g/mol. The maximum Gasteiger partial charge on any atom is 0.309 e. The van der Waals surface area contributed by atoms with Crippen LogP contribution in [0, 0.1) is 5.92 Å². The van der Waals surface area contributed by atoms with E-state index in [1.165, 1.54) is 64.2 Å². The lowest BCUT2D eigenvalue weighted by atomic mass is 9.94. The molecule has 0 amide bonds. The van der Waals surface area contributed by atoms with Gasteiger partial charge in [-0.05, 0) is 59.2 Å². The number of hydrogen-bond donors (Lipinski definition) is 0. The van der Waals surface area contributed by atoms with E-state index >= 15 is 0 Å². The second kappa shape index (κ2) is 25.5. The molecule has 214 valence electrons. The fourth-order valence-electron chi connectivity index (χ4n) is 4.57.